The van der Waals surface area contributed by atoms with Crippen LogP contribution < -0.4 is 5.73 Å². The van der Waals surface area contributed by atoms with Gasteiger partial charge in [0, 0.05) is 5.69 Å². The first-order chi connectivity index (χ1) is 9.32. The van der Waals surface area contributed by atoms with E-state index in [0.29, 0.717) is 5.69 Å². The first-order valence-corrected chi connectivity index (χ1v) is 6.26. The molecule has 0 saturated carbocycles. The lowest BCUT2D eigenvalue weighted by atomic mass is 10.0. The van der Waals surface area contributed by atoms with Crippen LogP contribution in [0, 0.1) is 13.8 Å². The maximum atomic E-state index is 13.1. The third kappa shape index (κ3) is 2.85. The SMILES string of the molecule is Cc1cc(C)n(-c2ccc(CCN)c(C(F)(F)F)c2)n1. The van der Waals surface area contributed by atoms with E-state index in [9.17, 15) is 13.2 Å². The Morgan fingerprint density at radius 1 is 1.20 bits per heavy atom. The summed E-state index contributed by atoms with van der Waals surface area (Å²) < 4.78 is 40.8. The molecule has 6 heteroatoms. The predicted molar refractivity (Wildman–Crippen MR) is 70.8 cm³/mol. The van der Waals surface area contributed by atoms with Gasteiger partial charge in [-0.3, -0.25) is 0 Å². The van der Waals surface area contributed by atoms with Crippen molar-refractivity contribution in [3.63, 3.8) is 0 Å². The Hall–Kier alpha value is -1.82. The standard InChI is InChI=1S/C14H16F3N3/c1-9-7-10(2)20(19-9)12-4-3-11(5-6-18)13(8-12)14(15,16)17/h3-4,7-8H,5-6,18H2,1-2H3. The Bertz CT molecular complexity index is 615. The van der Waals surface area contributed by atoms with Crippen LogP contribution in [0.3, 0.4) is 0 Å². The molecule has 1 heterocycles. The minimum Gasteiger partial charge on any atom is -0.330 e. The third-order valence-electron chi connectivity index (χ3n) is 3.07. The molecule has 0 fully saturated rings. The zero-order valence-electron chi connectivity index (χ0n) is 11.3. The molecule has 1 aromatic carbocycles. The van der Waals surface area contributed by atoms with E-state index in [1.165, 1.54) is 10.7 Å². The van der Waals surface area contributed by atoms with Crippen molar-refractivity contribution in [2.45, 2.75) is 26.4 Å². The van der Waals surface area contributed by atoms with Gasteiger partial charge in [0.1, 0.15) is 0 Å². The fraction of sp³-hybridized carbons (Fsp3) is 0.357. The number of rotatable bonds is 3. The van der Waals surface area contributed by atoms with Crippen molar-refractivity contribution in [3.05, 3.63) is 46.8 Å². The van der Waals surface area contributed by atoms with Crippen LogP contribution in [0.25, 0.3) is 5.69 Å². The number of hydrogen-bond acceptors (Lipinski definition) is 2. The summed E-state index contributed by atoms with van der Waals surface area (Å²) >= 11 is 0. The van der Waals surface area contributed by atoms with Gasteiger partial charge in [-0.25, -0.2) is 4.68 Å². The first-order valence-electron chi connectivity index (χ1n) is 6.26. The molecule has 0 saturated heterocycles. The van der Waals surface area contributed by atoms with E-state index < -0.39 is 11.7 Å². The second-order valence-corrected chi connectivity index (χ2v) is 4.72. The highest BCUT2D eigenvalue weighted by molar-refractivity contribution is 5.43. The number of hydrogen-bond donors (Lipinski definition) is 1. The minimum atomic E-state index is -4.39. The average Bonchev–Trinajstić information content (AvgIpc) is 2.68. The van der Waals surface area contributed by atoms with Crippen molar-refractivity contribution in [3.8, 4) is 5.69 Å². The fourth-order valence-electron chi connectivity index (χ4n) is 2.22. The molecule has 0 radical (unpaired) electrons. The van der Waals surface area contributed by atoms with Crippen molar-refractivity contribution in [2.75, 3.05) is 6.54 Å². The van der Waals surface area contributed by atoms with Gasteiger partial charge in [0.25, 0.3) is 0 Å². The highest BCUT2D eigenvalue weighted by Gasteiger charge is 2.33. The van der Waals surface area contributed by atoms with E-state index in [4.69, 9.17) is 5.73 Å². The minimum absolute atomic E-state index is 0.183. The smallest absolute Gasteiger partial charge is 0.330 e. The highest BCUT2D eigenvalue weighted by atomic mass is 19.4. The van der Waals surface area contributed by atoms with E-state index in [2.05, 4.69) is 5.10 Å². The lowest BCUT2D eigenvalue weighted by molar-refractivity contribution is -0.138. The maximum Gasteiger partial charge on any atom is 0.416 e. The molecule has 3 nitrogen and oxygen atoms in total. The highest BCUT2D eigenvalue weighted by Crippen LogP contribution is 2.33. The first kappa shape index (κ1) is 14.6. The number of aryl methyl sites for hydroxylation is 2. The number of alkyl halides is 3. The molecular weight excluding hydrogens is 267 g/mol. The van der Waals surface area contributed by atoms with E-state index >= 15 is 0 Å². The van der Waals surface area contributed by atoms with Crippen molar-refractivity contribution in [1.29, 1.82) is 0 Å². The van der Waals surface area contributed by atoms with Gasteiger partial charge in [-0.1, -0.05) is 6.07 Å². The quantitative estimate of drug-likeness (QED) is 0.941. The summed E-state index contributed by atoms with van der Waals surface area (Å²) in [6, 6.07) is 6.06. The monoisotopic (exact) mass is 283 g/mol. The zero-order chi connectivity index (χ0) is 14.9. The van der Waals surface area contributed by atoms with Gasteiger partial charge in [-0.2, -0.15) is 18.3 Å². The number of halogens is 3. The number of benzene rings is 1. The molecule has 0 bridgehead atoms. The lowest BCUT2D eigenvalue weighted by Crippen LogP contribution is -2.14. The van der Waals surface area contributed by atoms with Gasteiger partial charge in [0.05, 0.1) is 16.9 Å². The second-order valence-electron chi connectivity index (χ2n) is 4.72. The van der Waals surface area contributed by atoms with E-state index in [-0.39, 0.29) is 18.5 Å². The summed E-state index contributed by atoms with van der Waals surface area (Å²) in [7, 11) is 0. The molecule has 0 atom stereocenters. The Morgan fingerprint density at radius 2 is 1.90 bits per heavy atom. The van der Waals surface area contributed by atoms with Crippen LogP contribution in [0.15, 0.2) is 24.3 Å². The molecule has 0 amide bonds. The zero-order valence-corrected chi connectivity index (χ0v) is 11.3. The number of nitrogens with zero attached hydrogens (tertiary/aromatic N) is 2. The molecule has 0 unspecified atom stereocenters. The van der Waals surface area contributed by atoms with E-state index in [1.807, 2.05) is 6.07 Å². The third-order valence-corrected chi connectivity index (χ3v) is 3.07. The van der Waals surface area contributed by atoms with Gasteiger partial charge in [-0.05, 0) is 50.6 Å². The van der Waals surface area contributed by atoms with Crippen LogP contribution in [0.4, 0.5) is 13.2 Å². The summed E-state index contributed by atoms with van der Waals surface area (Å²) in [6.07, 6.45) is -4.19. The Balaban J connectivity index is 2.55. The van der Waals surface area contributed by atoms with Crippen LogP contribution in [0.2, 0.25) is 0 Å². The number of aromatic nitrogens is 2. The Morgan fingerprint density at radius 3 is 2.40 bits per heavy atom. The second kappa shape index (κ2) is 5.28. The molecule has 20 heavy (non-hydrogen) atoms. The topological polar surface area (TPSA) is 43.8 Å². The molecule has 2 N–H and O–H groups in total. The molecule has 0 aliphatic heterocycles. The van der Waals surface area contributed by atoms with Crippen LogP contribution in [0.1, 0.15) is 22.5 Å². The Kier molecular flexibility index (Phi) is 3.85. The number of nitrogens with two attached hydrogens (primary N) is 1. The predicted octanol–water partition coefficient (Wildman–Crippen LogP) is 3.01. The molecule has 2 rings (SSSR count). The molecule has 0 aliphatic rings. The van der Waals surface area contributed by atoms with E-state index in [1.54, 1.807) is 19.9 Å². The summed E-state index contributed by atoms with van der Waals surface area (Å²) in [6.45, 7) is 3.79. The van der Waals surface area contributed by atoms with Gasteiger partial charge in [0.15, 0.2) is 0 Å². The van der Waals surface area contributed by atoms with Gasteiger partial charge in [0.2, 0.25) is 0 Å². The molecular formula is C14H16F3N3. The summed E-state index contributed by atoms with van der Waals surface area (Å²) in [5.41, 5.74) is 6.90. The average molecular weight is 283 g/mol. The van der Waals surface area contributed by atoms with Crippen LogP contribution in [-0.4, -0.2) is 16.3 Å². The molecule has 2 aromatic rings. The summed E-state index contributed by atoms with van der Waals surface area (Å²) in [5.74, 6) is 0. The van der Waals surface area contributed by atoms with Gasteiger partial charge < -0.3 is 5.73 Å². The van der Waals surface area contributed by atoms with Crippen molar-refractivity contribution >= 4 is 0 Å². The van der Waals surface area contributed by atoms with Crippen molar-refractivity contribution in [1.82, 2.24) is 9.78 Å². The fourth-order valence-corrected chi connectivity index (χ4v) is 2.22. The van der Waals surface area contributed by atoms with Crippen LogP contribution in [0.5, 0.6) is 0 Å². The maximum absolute atomic E-state index is 13.1. The largest absolute Gasteiger partial charge is 0.416 e. The lowest BCUT2D eigenvalue weighted by Gasteiger charge is -2.14. The Labute approximate surface area is 115 Å². The molecule has 108 valence electrons. The van der Waals surface area contributed by atoms with E-state index in [0.717, 1.165) is 17.5 Å². The van der Waals surface area contributed by atoms with Crippen LogP contribution in [-0.2, 0) is 12.6 Å². The normalized spacial score (nSPS) is 11.9. The van der Waals surface area contributed by atoms with Crippen molar-refractivity contribution in [2.24, 2.45) is 5.73 Å². The van der Waals surface area contributed by atoms with Crippen molar-refractivity contribution < 1.29 is 13.2 Å². The summed E-state index contributed by atoms with van der Waals surface area (Å²) in [5, 5.41) is 4.20. The van der Waals surface area contributed by atoms with Gasteiger partial charge >= 0.3 is 6.18 Å². The summed E-state index contributed by atoms with van der Waals surface area (Å²) in [4.78, 5) is 0. The molecule has 0 spiro atoms. The molecule has 0 aliphatic carbocycles. The molecule has 1 aromatic heterocycles. The van der Waals surface area contributed by atoms with Gasteiger partial charge in [-0.15, -0.1) is 0 Å². The van der Waals surface area contributed by atoms with Crippen LogP contribution >= 0.6 is 0 Å².